The summed E-state index contributed by atoms with van der Waals surface area (Å²) in [6, 6.07) is 12.8. The van der Waals surface area contributed by atoms with Crippen LogP contribution in [0, 0.1) is 25.7 Å². The van der Waals surface area contributed by atoms with Crippen LogP contribution in [0.5, 0.6) is 0 Å². The molecule has 8 heteroatoms. The van der Waals surface area contributed by atoms with Crippen molar-refractivity contribution in [1.29, 1.82) is 0 Å². The quantitative estimate of drug-likeness (QED) is 0.535. The summed E-state index contributed by atoms with van der Waals surface area (Å²) in [5, 5.41) is 20.6. The number of ether oxygens (including phenoxy) is 1. The van der Waals surface area contributed by atoms with Gasteiger partial charge in [-0.15, -0.1) is 6.58 Å². The third kappa shape index (κ3) is 3.69. The normalized spacial score (nSPS) is 28.7. The average molecular weight is 505 g/mol. The van der Waals surface area contributed by atoms with E-state index in [0.29, 0.717) is 18.4 Å². The van der Waals surface area contributed by atoms with Gasteiger partial charge < -0.3 is 24.7 Å². The molecule has 2 bridgehead atoms. The monoisotopic (exact) mass is 504 g/mol. The Hall–Kier alpha value is -3.49. The number of fused-ring (bicyclic) bond motifs is 1. The van der Waals surface area contributed by atoms with E-state index in [-0.39, 0.29) is 12.5 Å². The van der Waals surface area contributed by atoms with Gasteiger partial charge in [0.25, 0.3) is 5.91 Å². The summed E-state index contributed by atoms with van der Waals surface area (Å²) < 4.78 is 6.35. The fraction of sp³-hybridized carbons (Fsp3) is 0.414. The molecular weight excluding hydrogens is 472 g/mol. The van der Waals surface area contributed by atoms with E-state index in [9.17, 15) is 24.6 Å². The molecule has 194 valence electrons. The molecule has 5 rings (SSSR count). The molecule has 6 atom stereocenters. The van der Waals surface area contributed by atoms with Crippen molar-refractivity contribution in [1.82, 2.24) is 4.90 Å². The summed E-state index contributed by atoms with van der Waals surface area (Å²) in [6.07, 6.45) is 1.86. The molecular formula is C29H32N2O6. The van der Waals surface area contributed by atoms with Crippen LogP contribution in [0.3, 0.4) is 0 Å². The Balaban J connectivity index is 1.68. The van der Waals surface area contributed by atoms with E-state index in [1.54, 1.807) is 35.2 Å². The summed E-state index contributed by atoms with van der Waals surface area (Å²) in [5.74, 6) is -3.97. The van der Waals surface area contributed by atoms with Gasteiger partial charge in [0.15, 0.2) is 0 Å². The van der Waals surface area contributed by atoms with Crippen molar-refractivity contribution in [3.05, 3.63) is 77.9 Å². The lowest BCUT2D eigenvalue weighted by Crippen LogP contribution is -2.57. The van der Waals surface area contributed by atoms with Gasteiger partial charge in [-0.3, -0.25) is 14.4 Å². The molecule has 3 heterocycles. The number of carboxylic acids is 1. The van der Waals surface area contributed by atoms with Crippen molar-refractivity contribution >= 4 is 23.5 Å². The number of aryl methyl sites for hydroxylation is 2. The Kier molecular flexibility index (Phi) is 6.41. The minimum atomic E-state index is -1.28. The second-order valence-electron chi connectivity index (χ2n) is 10.2. The lowest BCUT2D eigenvalue weighted by Gasteiger charge is -2.40. The summed E-state index contributed by atoms with van der Waals surface area (Å²) in [7, 11) is 0. The number of benzene rings is 2. The van der Waals surface area contributed by atoms with Crippen LogP contribution in [0.2, 0.25) is 0 Å². The Bertz CT molecular complexity index is 1230. The van der Waals surface area contributed by atoms with Gasteiger partial charge >= 0.3 is 5.97 Å². The number of likely N-dealkylation sites (tertiary alicyclic amines) is 1. The highest BCUT2D eigenvalue weighted by molar-refractivity contribution is 6.05. The maximum Gasteiger partial charge on any atom is 0.310 e. The van der Waals surface area contributed by atoms with Crippen molar-refractivity contribution in [3.8, 4) is 0 Å². The number of hydrogen-bond donors (Lipinski definition) is 2. The first kappa shape index (κ1) is 25.2. The zero-order valence-electron chi connectivity index (χ0n) is 21.0. The van der Waals surface area contributed by atoms with Crippen LogP contribution < -0.4 is 4.90 Å². The predicted octanol–water partition coefficient (Wildman–Crippen LogP) is 3.02. The number of carbonyl (C=O) groups is 3. The van der Waals surface area contributed by atoms with Crippen LogP contribution >= 0.6 is 0 Å². The Morgan fingerprint density at radius 3 is 2.46 bits per heavy atom. The van der Waals surface area contributed by atoms with Crippen molar-refractivity contribution in [3.63, 3.8) is 0 Å². The molecule has 2 unspecified atom stereocenters. The maximum absolute atomic E-state index is 14.6. The molecule has 2 amide bonds. The first-order chi connectivity index (χ1) is 17.8. The summed E-state index contributed by atoms with van der Waals surface area (Å²) in [4.78, 5) is 44.1. The Morgan fingerprint density at radius 1 is 1.19 bits per heavy atom. The molecule has 1 spiro atoms. The number of nitrogens with zero attached hydrogens (tertiary/aromatic N) is 2. The molecule has 3 aliphatic rings. The predicted molar refractivity (Wildman–Crippen MR) is 137 cm³/mol. The van der Waals surface area contributed by atoms with Crippen LogP contribution in [-0.2, 0) is 19.1 Å². The second kappa shape index (κ2) is 9.43. The first-order valence-corrected chi connectivity index (χ1v) is 12.6. The number of carboxylic acid groups (broad SMARTS) is 1. The number of aliphatic carboxylic acids is 1. The third-order valence-corrected chi connectivity index (χ3v) is 8.24. The standard InChI is InChI=1S/C29H32N2O6/c1-4-15-30(24-17(2)9-8-10-18(24)3)27(34)25-29-14-13-21(37-29)22(28(35)36)23(29)26(33)31(25)20(16-32)19-11-6-5-7-12-19/h4-12,20-23,25,32H,1,13-16H2,2-3H3,(H,35,36)/t20-,21-,22+,23+,25?,29?/m1/s1. The highest BCUT2D eigenvalue weighted by Gasteiger charge is 2.75. The number of amides is 2. The van der Waals surface area contributed by atoms with E-state index in [0.717, 1.165) is 16.8 Å². The summed E-state index contributed by atoms with van der Waals surface area (Å²) in [5.41, 5.74) is 1.89. The number of aliphatic hydroxyl groups excluding tert-OH is 1. The number of rotatable bonds is 8. The zero-order valence-corrected chi connectivity index (χ0v) is 21.0. The van der Waals surface area contributed by atoms with Gasteiger partial charge in [-0.2, -0.15) is 0 Å². The number of aliphatic hydroxyl groups is 1. The van der Waals surface area contributed by atoms with Gasteiger partial charge in [-0.05, 0) is 43.4 Å². The van der Waals surface area contributed by atoms with Crippen molar-refractivity contribution in [2.45, 2.75) is 50.5 Å². The molecule has 3 saturated heterocycles. The lowest BCUT2D eigenvalue weighted by atomic mass is 9.70. The minimum absolute atomic E-state index is 0.199. The fourth-order valence-corrected chi connectivity index (χ4v) is 6.82. The SMILES string of the molecule is C=CCN(C(=O)C1N([C@H](CO)c2ccccc2)C(=O)[C@@H]2[C@@H](C(=O)O)[C@H]3CCC12O3)c1c(C)cccc1C. The van der Waals surface area contributed by atoms with E-state index in [4.69, 9.17) is 4.74 Å². The van der Waals surface area contributed by atoms with Gasteiger partial charge in [0, 0.05) is 12.2 Å². The molecule has 0 aliphatic carbocycles. The largest absolute Gasteiger partial charge is 0.481 e. The molecule has 2 aromatic carbocycles. The second-order valence-corrected chi connectivity index (χ2v) is 10.2. The average Bonchev–Trinajstić information content (AvgIpc) is 3.52. The van der Waals surface area contributed by atoms with E-state index in [2.05, 4.69) is 6.58 Å². The summed E-state index contributed by atoms with van der Waals surface area (Å²) in [6.45, 7) is 7.47. The molecule has 3 aliphatic heterocycles. The van der Waals surface area contributed by atoms with E-state index >= 15 is 0 Å². The highest BCUT2D eigenvalue weighted by Crippen LogP contribution is 2.60. The number of para-hydroxylation sites is 1. The highest BCUT2D eigenvalue weighted by atomic mass is 16.5. The van der Waals surface area contributed by atoms with E-state index in [1.165, 1.54) is 4.90 Å². The topological polar surface area (TPSA) is 107 Å². The molecule has 37 heavy (non-hydrogen) atoms. The molecule has 0 aromatic heterocycles. The van der Waals surface area contributed by atoms with Gasteiger partial charge in [0.2, 0.25) is 5.91 Å². The van der Waals surface area contributed by atoms with Gasteiger partial charge in [0.1, 0.15) is 11.6 Å². The van der Waals surface area contributed by atoms with Crippen molar-refractivity contribution in [2.75, 3.05) is 18.1 Å². The van der Waals surface area contributed by atoms with Gasteiger partial charge in [-0.1, -0.05) is 54.6 Å². The molecule has 2 N–H and O–H groups in total. The lowest BCUT2D eigenvalue weighted by molar-refractivity contribution is -0.151. The Morgan fingerprint density at radius 2 is 1.86 bits per heavy atom. The molecule has 8 nitrogen and oxygen atoms in total. The smallest absolute Gasteiger partial charge is 0.310 e. The number of carbonyl (C=O) groups excluding carboxylic acids is 2. The van der Waals surface area contributed by atoms with Crippen LogP contribution in [-0.4, -0.2) is 63.8 Å². The number of hydrogen-bond acceptors (Lipinski definition) is 5. The van der Waals surface area contributed by atoms with E-state index in [1.807, 2.05) is 38.1 Å². The van der Waals surface area contributed by atoms with Gasteiger partial charge in [-0.25, -0.2) is 0 Å². The van der Waals surface area contributed by atoms with Crippen LogP contribution in [0.15, 0.2) is 61.2 Å². The first-order valence-electron chi connectivity index (χ1n) is 12.6. The fourth-order valence-electron chi connectivity index (χ4n) is 6.82. The molecule has 3 fully saturated rings. The molecule has 2 aromatic rings. The van der Waals surface area contributed by atoms with Crippen molar-refractivity contribution < 1.29 is 29.3 Å². The third-order valence-electron chi connectivity index (χ3n) is 8.24. The maximum atomic E-state index is 14.6. The van der Waals surface area contributed by atoms with Crippen LogP contribution in [0.25, 0.3) is 0 Å². The summed E-state index contributed by atoms with van der Waals surface area (Å²) >= 11 is 0. The van der Waals surface area contributed by atoms with Gasteiger partial charge in [0.05, 0.1) is 30.6 Å². The van der Waals surface area contributed by atoms with Crippen LogP contribution in [0.4, 0.5) is 5.69 Å². The molecule has 0 saturated carbocycles. The van der Waals surface area contributed by atoms with Crippen molar-refractivity contribution in [2.24, 2.45) is 11.8 Å². The number of anilines is 1. The molecule has 0 radical (unpaired) electrons. The van der Waals surface area contributed by atoms with E-state index < -0.39 is 54.1 Å². The zero-order chi connectivity index (χ0) is 26.5. The van der Waals surface area contributed by atoms with Crippen LogP contribution in [0.1, 0.15) is 35.6 Å². The minimum Gasteiger partial charge on any atom is -0.481 e. The Labute approximate surface area is 216 Å².